The highest BCUT2D eigenvalue weighted by atomic mass is 35.5. The number of hydrogen-bond donors (Lipinski definition) is 2. The molecule has 0 fully saturated rings. The zero-order valence-electron chi connectivity index (χ0n) is 16.9. The highest BCUT2D eigenvalue weighted by molar-refractivity contribution is 8.00. The van der Waals surface area contributed by atoms with Gasteiger partial charge in [0, 0.05) is 27.9 Å². The lowest BCUT2D eigenvalue weighted by Crippen LogP contribution is -2.22. The van der Waals surface area contributed by atoms with Gasteiger partial charge in [-0.15, -0.1) is 23.1 Å². The number of aromatic nitrogens is 1. The normalized spacial score (nSPS) is 11.7. The minimum absolute atomic E-state index is 0.0167. The number of halogens is 2. The minimum Gasteiger partial charge on any atom is -0.326 e. The van der Waals surface area contributed by atoms with Crippen LogP contribution in [0, 0.1) is 0 Å². The number of carbonyl (C=O) groups is 2. The van der Waals surface area contributed by atoms with Crippen LogP contribution in [-0.4, -0.2) is 22.0 Å². The molecule has 2 amide bonds. The third kappa shape index (κ3) is 6.71. The molecule has 1 heterocycles. The van der Waals surface area contributed by atoms with E-state index in [0.717, 1.165) is 28.3 Å². The van der Waals surface area contributed by atoms with Crippen molar-refractivity contribution in [3.63, 3.8) is 0 Å². The van der Waals surface area contributed by atoms with Crippen LogP contribution in [-0.2, 0) is 9.59 Å². The quantitative estimate of drug-likeness (QED) is 0.332. The highest BCUT2D eigenvalue weighted by Gasteiger charge is 2.17. The fourth-order valence-corrected chi connectivity index (χ4v) is 4.63. The fourth-order valence-electron chi connectivity index (χ4n) is 2.68. The maximum absolute atomic E-state index is 12.6. The second kappa shape index (κ2) is 11.0. The van der Waals surface area contributed by atoms with E-state index < -0.39 is 0 Å². The molecule has 0 aliphatic rings. The van der Waals surface area contributed by atoms with Crippen molar-refractivity contribution < 1.29 is 9.59 Å². The van der Waals surface area contributed by atoms with Gasteiger partial charge in [-0.2, -0.15) is 0 Å². The summed E-state index contributed by atoms with van der Waals surface area (Å²) in [6.07, 6.45) is 1.27. The molecule has 1 unspecified atom stereocenters. The van der Waals surface area contributed by atoms with Crippen molar-refractivity contribution >= 4 is 68.9 Å². The van der Waals surface area contributed by atoms with Gasteiger partial charge < -0.3 is 10.6 Å². The number of thiazole rings is 1. The Balaban J connectivity index is 1.60. The molecule has 0 radical (unpaired) electrons. The van der Waals surface area contributed by atoms with E-state index in [9.17, 15) is 9.59 Å². The van der Waals surface area contributed by atoms with Gasteiger partial charge in [0.15, 0.2) is 5.13 Å². The van der Waals surface area contributed by atoms with Crippen LogP contribution in [0.2, 0.25) is 10.0 Å². The molecule has 5 nitrogen and oxygen atoms in total. The molecule has 0 aliphatic carbocycles. The molecule has 1 atom stereocenters. The number of nitrogens with zero attached hydrogens (tertiary/aromatic N) is 1. The lowest BCUT2D eigenvalue weighted by atomic mass is 10.2. The number of hydrogen-bond acceptors (Lipinski definition) is 5. The second-order valence-electron chi connectivity index (χ2n) is 6.74. The summed E-state index contributed by atoms with van der Waals surface area (Å²) in [5.41, 5.74) is 2.27. The third-order valence-corrected chi connectivity index (χ3v) is 6.82. The van der Waals surface area contributed by atoms with Crippen LogP contribution in [0.1, 0.15) is 26.7 Å². The van der Waals surface area contributed by atoms with E-state index in [-0.39, 0.29) is 17.1 Å². The molecule has 162 valence electrons. The maximum atomic E-state index is 12.6. The molecule has 0 bridgehead atoms. The predicted octanol–water partition coefficient (Wildman–Crippen LogP) is 6.97. The largest absolute Gasteiger partial charge is 0.326 e. The van der Waals surface area contributed by atoms with Gasteiger partial charge in [0.2, 0.25) is 11.8 Å². The van der Waals surface area contributed by atoms with Crippen LogP contribution >= 0.6 is 46.3 Å². The molecular formula is C22H21Cl2N3O2S2. The van der Waals surface area contributed by atoms with Crippen molar-refractivity contribution in [3.8, 4) is 11.3 Å². The van der Waals surface area contributed by atoms with Gasteiger partial charge in [0.25, 0.3) is 0 Å². The molecule has 9 heteroatoms. The topological polar surface area (TPSA) is 71.1 Å². The zero-order valence-corrected chi connectivity index (χ0v) is 20.1. The number of benzene rings is 2. The van der Waals surface area contributed by atoms with Crippen molar-refractivity contribution in [3.05, 3.63) is 57.9 Å². The summed E-state index contributed by atoms with van der Waals surface area (Å²) in [6.45, 7) is 3.79. The van der Waals surface area contributed by atoms with E-state index >= 15 is 0 Å². The van der Waals surface area contributed by atoms with Crippen LogP contribution in [0.15, 0.2) is 52.7 Å². The first-order valence-electron chi connectivity index (χ1n) is 9.64. The van der Waals surface area contributed by atoms with Crippen LogP contribution in [0.3, 0.4) is 0 Å². The van der Waals surface area contributed by atoms with E-state index in [0.29, 0.717) is 21.6 Å². The van der Waals surface area contributed by atoms with Gasteiger partial charge in [-0.1, -0.05) is 42.3 Å². The van der Waals surface area contributed by atoms with E-state index in [1.807, 2.05) is 49.6 Å². The average molecular weight is 494 g/mol. The molecule has 31 heavy (non-hydrogen) atoms. The summed E-state index contributed by atoms with van der Waals surface area (Å²) in [7, 11) is 0. The molecule has 3 rings (SSSR count). The fraction of sp³-hybridized carbons (Fsp3) is 0.227. The number of anilines is 2. The Morgan fingerprint density at radius 1 is 1.13 bits per heavy atom. The smallest absolute Gasteiger partial charge is 0.239 e. The number of rotatable bonds is 8. The maximum Gasteiger partial charge on any atom is 0.239 e. The molecule has 3 aromatic rings. The first kappa shape index (κ1) is 23.6. The Morgan fingerprint density at radius 3 is 2.68 bits per heavy atom. The summed E-state index contributed by atoms with van der Waals surface area (Å²) in [6, 6.07) is 12.8. The summed E-state index contributed by atoms with van der Waals surface area (Å²) in [5, 5.41) is 8.69. The van der Waals surface area contributed by atoms with Gasteiger partial charge in [0.05, 0.1) is 21.0 Å². The zero-order chi connectivity index (χ0) is 22.4. The molecular weight excluding hydrogens is 473 g/mol. The number of nitrogens with one attached hydrogen (secondary N) is 2. The third-order valence-electron chi connectivity index (χ3n) is 4.23. The van der Waals surface area contributed by atoms with E-state index in [4.69, 9.17) is 23.2 Å². The molecule has 0 spiro atoms. The lowest BCUT2D eigenvalue weighted by molar-refractivity contribution is -0.116. The molecule has 2 aromatic carbocycles. The first-order valence-corrected chi connectivity index (χ1v) is 12.2. The standard InChI is InChI=1S/C22H21Cl2N3O2S2/c1-3-5-20(28)25-15-6-4-7-16(11-15)31-13(2)21(29)27-22-26-19(12-30-22)14-8-9-17(23)18(24)10-14/h4,6-13H,3,5H2,1-2H3,(H,25,28)(H,26,27,29). The molecule has 1 aromatic heterocycles. The first-order chi connectivity index (χ1) is 14.9. The minimum atomic E-state index is -0.348. The van der Waals surface area contributed by atoms with Gasteiger partial charge in [-0.3, -0.25) is 9.59 Å². The Morgan fingerprint density at radius 2 is 1.94 bits per heavy atom. The molecule has 2 N–H and O–H groups in total. The van der Waals surface area contributed by atoms with Crippen molar-refractivity contribution in [1.82, 2.24) is 4.98 Å². The Labute approximate surface area is 199 Å². The predicted molar refractivity (Wildman–Crippen MR) is 131 cm³/mol. The van der Waals surface area contributed by atoms with E-state index in [2.05, 4.69) is 15.6 Å². The van der Waals surface area contributed by atoms with Gasteiger partial charge >= 0.3 is 0 Å². The number of thioether (sulfide) groups is 1. The van der Waals surface area contributed by atoms with Crippen LogP contribution < -0.4 is 10.6 Å². The van der Waals surface area contributed by atoms with Crippen LogP contribution in [0.25, 0.3) is 11.3 Å². The highest BCUT2D eigenvalue weighted by Crippen LogP contribution is 2.31. The van der Waals surface area contributed by atoms with E-state index in [1.54, 1.807) is 12.1 Å². The number of carbonyl (C=O) groups excluding carboxylic acids is 2. The summed E-state index contributed by atoms with van der Waals surface area (Å²) in [4.78, 5) is 29.8. The van der Waals surface area contributed by atoms with Crippen molar-refractivity contribution in [2.45, 2.75) is 36.8 Å². The lowest BCUT2D eigenvalue weighted by Gasteiger charge is -2.12. The van der Waals surface area contributed by atoms with Crippen LogP contribution in [0.4, 0.5) is 10.8 Å². The SMILES string of the molecule is CCCC(=O)Nc1cccc(SC(C)C(=O)Nc2nc(-c3ccc(Cl)c(Cl)c3)cs2)c1. The monoisotopic (exact) mass is 493 g/mol. The Kier molecular flexibility index (Phi) is 8.37. The summed E-state index contributed by atoms with van der Waals surface area (Å²) < 4.78 is 0. The molecule has 0 aliphatic heterocycles. The van der Waals surface area contributed by atoms with Gasteiger partial charge in [-0.05, 0) is 43.7 Å². The van der Waals surface area contributed by atoms with Gasteiger partial charge in [0.1, 0.15) is 0 Å². The van der Waals surface area contributed by atoms with Crippen molar-refractivity contribution in [1.29, 1.82) is 0 Å². The Bertz CT molecular complexity index is 1090. The number of amides is 2. The summed E-state index contributed by atoms with van der Waals surface area (Å²) in [5.74, 6) is -0.169. The van der Waals surface area contributed by atoms with Crippen molar-refractivity contribution in [2.24, 2.45) is 0 Å². The Hall–Kier alpha value is -2.06. The van der Waals surface area contributed by atoms with Crippen LogP contribution in [0.5, 0.6) is 0 Å². The molecule has 0 saturated carbocycles. The summed E-state index contributed by atoms with van der Waals surface area (Å²) >= 11 is 14.8. The van der Waals surface area contributed by atoms with Crippen molar-refractivity contribution in [2.75, 3.05) is 10.6 Å². The molecule has 0 saturated heterocycles. The van der Waals surface area contributed by atoms with E-state index in [1.165, 1.54) is 23.1 Å². The average Bonchev–Trinajstić information content (AvgIpc) is 3.19. The second-order valence-corrected chi connectivity index (χ2v) is 9.83. The van der Waals surface area contributed by atoms with Gasteiger partial charge in [-0.25, -0.2) is 4.98 Å².